The molecule has 0 spiro atoms. The van der Waals surface area contributed by atoms with Crippen LogP contribution in [0.15, 0.2) is 149 Å². The third-order valence-corrected chi connectivity index (χ3v) is 10.3. The van der Waals surface area contributed by atoms with Gasteiger partial charge in [-0.25, -0.2) is 4.98 Å². The van der Waals surface area contributed by atoms with Gasteiger partial charge < -0.3 is 20.7 Å². The Morgan fingerprint density at radius 3 is 2.06 bits per heavy atom. The Morgan fingerprint density at radius 1 is 0.755 bits per heavy atom. The number of thiazole rings is 1. The van der Waals surface area contributed by atoms with E-state index in [0.717, 1.165) is 33.0 Å². The highest BCUT2D eigenvalue weighted by Crippen LogP contribution is 2.37. The standard InChI is InChI=1S/C43H38N4O4S2/c1-28(2)30-16-14-29(15-17-30)26-37(45-40(48)33-12-8-5-9-13-33)41(49)44-34-20-24-36(25-21-34)53-39(32-10-6-4-7-11-32)42(50)47-43-46-38(27-52-43)31-18-22-35(51-3)23-19-31/h4-28,39H,1-3H3,(H,44,49)(H,45,48)(H,46,47,50)/b37-26-. The number of hydrogen-bond donors (Lipinski definition) is 3. The molecule has 1 aromatic heterocycles. The van der Waals surface area contributed by atoms with Gasteiger partial charge in [0.05, 0.1) is 12.8 Å². The quantitative estimate of drug-likeness (QED) is 0.0804. The van der Waals surface area contributed by atoms with E-state index in [0.29, 0.717) is 22.3 Å². The number of methoxy groups -OCH3 is 1. The minimum atomic E-state index is -0.574. The number of nitrogens with one attached hydrogen (secondary N) is 3. The number of carbonyl (C=O) groups excluding carboxylic acids is 3. The molecular weight excluding hydrogens is 701 g/mol. The fourth-order valence-corrected chi connectivity index (χ4v) is 7.08. The molecule has 0 aliphatic rings. The van der Waals surface area contributed by atoms with Gasteiger partial charge in [-0.1, -0.05) is 86.6 Å². The predicted molar refractivity (Wildman–Crippen MR) is 215 cm³/mol. The van der Waals surface area contributed by atoms with Crippen molar-refractivity contribution >= 4 is 57.7 Å². The lowest BCUT2D eigenvalue weighted by Crippen LogP contribution is -2.30. The molecule has 1 heterocycles. The monoisotopic (exact) mass is 738 g/mol. The van der Waals surface area contributed by atoms with Crippen molar-refractivity contribution < 1.29 is 19.1 Å². The minimum absolute atomic E-state index is 0.104. The molecule has 266 valence electrons. The van der Waals surface area contributed by atoms with Crippen molar-refractivity contribution in [1.82, 2.24) is 10.3 Å². The van der Waals surface area contributed by atoms with Crippen LogP contribution >= 0.6 is 23.1 Å². The molecule has 6 rings (SSSR count). The summed E-state index contributed by atoms with van der Waals surface area (Å²) in [5, 5.41) is 10.5. The number of anilines is 2. The van der Waals surface area contributed by atoms with Gasteiger partial charge >= 0.3 is 0 Å². The van der Waals surface area contributed by atoms with Gasteiger partial charge in [0.15, 0.2) is 5.13 Å². The highest BCUT2D eigenvalue weighted by Gasteiger charge is 2.24. The second-order valence-corrected chi connectivity index (χ2v) is 14.4. The zero-order chi connectivity index (χ0) is 37.2. The van der Waals surface area contributed by atoms with Crippen molar-refractivity contribution in [2.75, 3.05) is 17.7 Å². The lowest BCUT2D eigenvalue weighted by molar-refractivity contribution is -0.116. The number of carbonyl (C=O) groups is 3. The summed E-state index contributed by atoms with van der Waals surface area (Å²) < 4.78 is 5.26. The summed E-state index contributed by atoms with van der Waals surface area (Å²) in [6, 6.07) is 41.1. The Bertz CT molecular complexity index is 2180. The first-order valence-corrected chi connectivity index (χ1v) is 18.7. The third kappa shape index (κ3) is 9.88. The van der Waals surface area contributed by atoms with Gasteiger partial charge in [0.1, 0.15) is 16.7 Å². The van der Waals surface area contributed by atoms with Crippen LogP contribution in [-0.2, 0) is 9.59 Å². The van der Waals surface area contributed by atoms with E-state index in [4.69, 9.17) is 4.74 Å². The van der Waals surface area contributed by atoms with E-state index in [1.165, 1.54) is 28.7 Å². The molecule has 0 aliphatic heterocycles. The molecule has 53 heavy (non-hydrogen) atoms. The van der Waals surface area contributed by atoms with Gasteiger partial charge in [-0.05, 0) is 89.3 Å². The van der Waals surface area contributed by atoms with E-state index >= 15 is 0 Å². The van der Waals surface area contributed by atoms with Gasteiger partial charge in [0, 0.05) is 27.1 Å². The predicted octanol–water partition coefficient (Wildman–Crippen LogP) is 9.82. The smallest absolute Gasteiger partial charge is 0.272 e. The van der Waals surface area contributed by atoms with Gasteiger partial charge in [0.2, 0.25) is 5.91 Å². The van der Waals surface area contributed by atoms with Crippen molar-refractivity contribution in [3.05, 3.63) is 167 Å². The highest BCUT2D eigenvalue weighted by molar-refractivity contribution is 8.00. The second-order valence-electron chi connectivity index (χ2n) is 12.3. The summed E-state index contributed by atoms with van der Waals surface area (Å²) in [7, 11) is 1.62. The normalized spacial score (nSPS) is 11.8. The molecule has 3 amide bonds. The molecule has 8 nitrogen and oxygen atoms in total. The Labute approximate surface area is 317 Å². The van der Waals surface area contributed by atoms with E-state index in [2.05, 4.69) is 34.8 Å². The average molecular weight is 739 g/mol. The molecule has 1 atom stereocenters. The van der Waals surface area contributed by atoms with Crippen LogP contribution in [0.25, 0.3) is 17.3 Å². The minimum Gasteiger partial charge on any atom is -0.497 e. The fourth-order valence-electron chi connectivity index (χ4n) is 5.33. The van der Waals surface area contributed by atoms with E-state index < -0.39 is 17.1 Å². The first-order chi connectivity index (χ1) is 25.7. The van der Waals surface area contributed by atoms with Crippen molar-refractivity contribution in [3.8, 4) is 17.0 Å². The Morgan fingerprint density at radius 2 is 1.42 bits per heavy atom. The van der Waals surface area contributed by atoms with Crippen LogP contribution in [0, 0.1) is 0 Å². The van der Waals surface area contributed by atoms with Crippen LogP contribution < -0.4 is 20.7 Å². The van der Waals surface area contributed by atoms with Gasteiger partial charge in [-0.15, -0.1) is 23.1 Å². The second kappa shape index (κ2) is 17.5. The Hall–Kier alpha value is -5.97. The van der Waals surface area contributed by atoms with Crippen LogP contribution in [0.2, 0.25) is 0 Å². The summed E-state index contributed by atoms with van der Waals surface area (Å²) in [6.45, 7) is 4.24. The summed E-state index contributed by atoms with van der Waals surface area (Å²) >= 11 is 2.75. The molecule has 0 aliphatic carbocycles. The molecular formula is C43H38N4O4S2. The molecule has 3 N–H and O–H groups in total. The fraction of sp³-hybridized carbons (Fsp3) is 0.116. The van der Waals surface area contributed by atoms with Gasteiger partial charge in [0.25, 0.3) is 11.8 Å². The number of hydrogen-bond acceptors (Lipinski definition) is 7. The molecule has 0 fully saturated rings. The lowest BCUT2D eigenvalue weighted by Gasteiger charge is -2.17. The number of benzene rings is 5. The van der Waals surface area contributed by atoms with Crippen molar-refractivity contribution in [2.45, 2.75) is 29.9 Å². The van der Waals surface area contributed by atoms with Crippen LogP contribution in [0.5, 0.6) is 5.75 Å². The van der Waals surface area contributed by atoms with Crippen molar-refractivity contribution in [3.63, 3.8) is 0 Å². The summed E-state index contributed by atoms with van der Waals surface area (Å²) in [6.07, 6.45) is 1.66. The van der Waals surface area contributed by atoms with E-state index in [9.17, 15) is 14.4 Å². The van der Waals surface area contributed by atoms with Crippen LogP contribution in [-0.4, -0.2) is 29.8 Å². The maximum absolute atomic E-state index is 13.7. The summed E-state index contributed by atoms with van der Waals surface area (Å²) in [4.78, 5) is 45.9. The van der Waals surface area contributed by atoms with E-state index in [1.54, 1.807) is 49.6 Å². The zero-order valence-corrected chi connectivity index (χ0v) is 31.0. The highest BCUT2D eigenvalue weighted by atomic mass is 32.2. The lowest BCUT2D eigenvalue weighted by atomic mass is 10.0. The maximum Gasteiger partial charge on any atom is 0.272 e. The molecule has 6 aromatic rings. The van der Waals surface area contributed by atoms with E-state index in [-0.39, 0.29) is 11.6 Å². The number of nitrogens with zero attached hydrogens (tertiary/aromatic N) is 1. The number of aromatic nitrogens is 1. The van der Waals surface area contributed by atoms with Crippen molar-refractivity contribution in [1.29, 1.82) is 0 Å². The molecule has 0 bridgehead atoms. The SMILES string of the molecule is COc1ccc(-c2csc(NC(=O)C(Sc3ccc(NC(=O)/C(=C/c4ccc(C(C)C)cc4)NC(=O)c4ccccc4)cc3)c3ccccc3)n2)cc1. The van der Waals surface area contributed by atoms with Crippen molar-refractivity contribution in [2.24, 2.45) is 0 Å². The number of amides is 3. The molecule has 1 unspecified atom stereocenters. The summed E-state index contributed by atoms with van der Waals surface area (Å²) in [5.74, 6) is 0.0514. The summed E-state index contributed by atoms with van der Waals surface area (Å²) in [5.41, 5.74) is 5.54. The zero-order valence-electron chi connectivity index (χ0n) is 29.4. The van der Waals surface area contributed by atoms with Gasteiger partial charge in [-0.3, -0.25) is 14.4 Å². The molecule has 0 saturated heterocycles. The first kappa shape index (κ1) is 36.8. The molecule has 0 saturated carbocycles. The van der Waals surface area contributed by atoms with Gasteiger partial charge in [-0.2, -0.15) is 0 Å². The average Bonchev–Trinajstić information content (AvgIpc) is 3.66. The first-order valence-electron chi connectivity index (χ1n) is 17.0. The van der Waals surface area contributed by atoms with Crippen LogP contribution in [0.3, 0.4) is 0 Å². The Kier molecular flexibility index (Phi) is 12.2. The van der Waals surface area contributed by atoms with E-state index in [1.807, 2.05) is 102 Å². The third-order valence-electron chi connectivity index (χ3n) is 8.27. The molecule has 10 heteroatoms. The largest absolute Gasteiger partial charge is 0.497 e. The number of thioether (sulfide) groups is 1. The topological polar surface area (TPSA) is 109 Å². The number of rotatable bonds is 13. The maximum atomic E-state index is 13.7. The molecule has 5 aromatic carbocycles. The number of ether oxygens (including phenoxy) is 1. The Balaban J connectivity index is 1.16. The molecule has 0 radical (unpaired) electrons. The van der Waals surface area contributed by atoms with Crippen LogP contribution in [0.4, 0.5) is 10.8 Å². The van der Waals surface area contributed by atoms with Crippen LogP contribution in [0.1, 0.15) is 52.1 Å².